The number of nitrogens with one attached hydrogen (secondary N) is 1. The van der Waals surface area contributed by atoms with Crippen LogP contribution in [0, 0.1) is 5.92 Å². The molecule has 0 saturated carbocycles. The van der Waals surface area contributed by atoms with Gasteiger partial charge in [-0.2, -0.15) is 0 Å². The quantitative estimate of drug-likeness (QED) is 0.800. The molecule has 1 aromatic rings. The maximum absolute atomic E-state index is 9.28. The summed E-state index contributed by atoms with van der Waals surface area (Å²) in [4.78, 5) is 0. The first kappa shape index (κ1) is 11.6. The third-order valence-electron chi connectivity index (χ3n) is 2.80. The summed E-state index contributed by atoms with van der Waals surface area (Å²) in [7, 11) is 0. The van der Waals surface area contributed by atoms with Gasteiger partial charge in [-0.15, -0.1) is 0 Å². The Morgan fingerprint density at radius 3 is 3.06 bits per heavy atom. The second-order valence-corrected chi connectivity index (χ2v) is 4.54. The minimum Gasteiger partial charge on any atom is -0.506 e. The molecule has 0 aromatic heterocycles. The van der Waals surface area contributed by atoms with Crippen LogP contribution in [0.15, 0.2) is 18.2 Å². The van der Waals surface area contributed by atoms with E-state index in [1.807, 2.05) is 6.07 Å². The van der Waals surface area contributed by atoms with Gasteiger partial charge in [0.2, 0.25) is 0 Å². The van der Waals surface area contributed by atoms with Crippen LogP contribution < -0.4 is 5.32 Å². The van der Waals surface area contributed by atoms with Crippen LogP contribution in [-0.2, 0) is 4.74 Å². The van der Waals surface area contributed by atoms with Crippen molar-refractivity contribution >= 4 is 17.3 Å². The van der Waals surface area contributed by atoms with Gasteiger partial charge in [-0.3, -0.25) is 0 Å². The van der Waals surface area contributed by atoms with Crippen molar-refractivity contribution in [3.63, 3.8) is 0 Å². The van der Waals surface area contributed by atoms with E-state index >= 15 is 0 Å². The minimum absolute atomic E-state index is 0.119. The van der Waals surface area contributed by atoms with Crippen LogP contribution in [0.2, 0.25) is 5.02 Å². The molecule has 3 nitrogen and oxygen atoms in total. The topological polar surface area (TPSA) is 41.5 Å². The number of hydrogen-bond donors (Lipinski definition) is 2. The Morgan fingerprint density at radius 1 is 1.50 bits per heavy atom. The fourth-order valence-electron chi connectivity index (χ4n) is 1.85. The van der Waals surface area contributed by atoms with Crippen molar-refractivity contribution in [1.29, 1.82) is 0 Å². The van der Waals surface area contributed by atoms with E-state index < -0.39 is 0 Å². The van der Waals surface area contributed by atoms with E-state index in [2.05, 4.69) is 5.32 Å². The first-order valence-electron chi connectivity index (χ1n) is 5.56. The zero-order chi connectivity index (χ0) is 11.4. The number of halogens is 1. The lowest BCUT2D eigenvalue weighted by atomic mass is 10.0. The zero-order valence-electron chi connectivity index (χ0n) is 9.08. The van der Waals surface area contributed by atoms with Gasteiger partial charge >= 0.3 is 0 Å². The van der Waals surface area contributed by atoms with Crippen LogP contribution in [0.4, 0.5) is 5.69 Å². The summed E-state index contributed by atoms with van der Waals surface area (Å²) >= 11 is 5.82. The molecule has 1 unspecified atom stereocenters. The Hall–Kier alpha value is -0.930. The van der Waals surface area contributed by atoms with Gasteiger partial charge < -0.3 is 15.2 Å². The smallest absolute Gasteiger partial charge is 0.134 e. The van der Waals surface area contributed by atoms with E-state index in [0.29, 0.717) is 10.9 Å². The highest BCUT2D eigenvalue weighted by molar-refractivity contribution is 6.32. The average molecular weight is 242 g/mol. The van der Waals surface area contributed by atoms with Crippen LogP contribution in [0.5, 0.6) is 5.75 Å². The van der Waals surface area contributed by atoms with Gasteiger partial charge in [0.25, 0.3) is 0 Å². The van der Waals surface area contributed by atoms with Gasteiger partial charge in [-0.05, 0) is 37.0 Å². The molecule has 1 aliphatic rings. The summed E-state index contributed by atoms with van der Waals surface area (Å²) in [6.45, 7) is 2.61. The first-order valence-corrected chi connectivity index (χ1v) is 5.93. The Bertz CT molecular complexity index is 351. The summed E-state index contributed by atoms with van der Waals surface area (Å²) in [5, 5.41) is 13.0. The van der Waals surface area contributed by atoms with E-state index in [0.717, 1.165) is 31.9 Å². The Labute approximate surface area is 100 Å². The molecular weight excluding hydrogens is 226 g/mol. The fraction of sp³-hybridized carbons (Fsp3) is 0.500. The molecule has 1 aromatic carbocycles. The summed E-state index contributed by atoms with van der Waals surface area (Å²) in [6, 6.07) is 5.16. The van der Waals surface area contributed by atoms with Crippen molar-refractivity contribution in [1.82, 2.24) is 0 Å². The van der Waals surface area contributed by atoms with Crippen LogP contribution in [-0.4, -0.2) is 24.9 Å². The van der Waals surface area contributed by atoms with E-state index in [1.165, 1.54) is 6.42 Å². The van der Waals surface area contributed by atoms with Crippen LogP contribution in [0.25, 0.3) is 0 Å². The molecule has 0 radical (unpaired) electrons. The predicted octanol–water partition coefficient (Wildman–Crippen LogP) is 2.88. The largest absolute Gasteiger partial charge is 0.506 e. The van der Waals surface area contributed by atoms with Gasteiger partial charge in [0.05, 0.1) is 11.6 Å². The van der Waals surface area contributed by atoms with Crippen LogP contribution in [0.1, 0.15) is 12.8 Å². The molecule has 2 N–H and O–H groups in total. The van der Waals surface area contributed by atoms with Gasteiger partial charge in [-0.1, -0.05) is 11.6 Å². The van der Waals surface area contributed by atoms with Gasteiger partial charge in [-0.25, -0.2) is 0 Å². The van der Waals surface area contributed by atoms with Gasteiger partial charge in [0.1, 0.15) is 5.75 Å². The van der Waals surface area contributed by atoms with E-state index in [9.17, 15) is 5.11 Å². The fourth-order valence-corrected chi connectivity index (χ4v) is 2.03. The van der Waals surface area contributed by atoms with Crippen molar-refractivity contribution in [3.8, 4) is 5.75 Å². The number of ether oxygens (including phenoxy) is 1. The summed E-state index contributed by atoms with van der Waals surface area (Å²) in [6.07, 6.45) is 2.35. The number of hydrogen-bond acceptors (Lipinski definition) is 3. The normalized spacial score (nSPS) is 20.7. The molecular formula is C12H16ClNO2. The second-order valence-electron chi connectivity index (χ2n) is 4.13. The molecule has 2 rings (SSSR count). The van der Waals surface area contributed by atoms with E-state index in [4.69, 9.17) is 16.3 Å². The molecule has 0 spiro atoms. The molecule has 16 heavy (non-hydrogen) atoms. The number of phenolic OH excluding ortho intramolecular Hbond substituents is 1. The molecule has 1 heterocycles. The lowest BCUT2D eigenvalue weighted by Gasteiger charge is -2.22. The number of rotatable bonds is 3. The van der Waals surface area contributed by atoms with Crippen molar-refractivity contribution in [2.75, 3.05) is 25.1 Å². The molecule has 1 atom stereocenters. The van der Waals surface area contributed by atoms with E-state index in [-0.39, 0.29) is 5.75 Å². The number of benzene rings is 1. The minimum atomic E-state index is 0.119. The lowest BCUT2D eigenvalue weighted by Crippen LogP contribution is -2.24. The molecule has 88 valence electrons. The summed E-state index contributed by atoms with van der Waals surface area (Å²) in [5.74, 6) is 0.689. The standard InChI is InChI=1S/C12H16ClNO2/c13-11-6-10(3-4-12(11)15)14-7-9-2-1-5-16-8-9/h3-4,6,9,14-15H,1-2,5,7-8H2. The molecule has 1 saturated heterocycles. The molecule has 0 aliphatic carbocycles. The van der Waals surface area contributed by atoms with E-state index in [1.54, 1.807) is 12.1 Å². The molecule has 0 amide bonds. The van der Waals surface area contributed by atoms with Crippen molar-refractivity contribution in [3.05, 3.63) is 23.2 Å². The van der Waals surface area contributed by atoms with Gasteiger partial charge in [0, 0.05) is 18.8 Å². The molecule has 1 aliphatic heterocycles. The molecule has 1 fully saturated rings. The summed E-state index contributed by atoms with van der Waals surface area (Å²) < 4.78 is 5.41. The number of aromatic hydroxyl groups is 1. The third-order valence-corrected chi connectivity index (χ3v) is 3.10. The van der Waals surface area contributed by atoms with Crippen molar-refractivity contribution < 1.29 is 9.84 Å². The monoisotopic (exact) mass is 241 g/mol. The lowest BCUT2D eigenvalue weighted by molar-refractivity contribution is 0.0595. The van der Waals surface area contributed by atoms with Gasteiger partial charge in [0.15, 0.2) is 0 Å². The predicted molar refractivity (Wildman–Crippen MR) is 65.1 cm³/mol. The number of anilines is 1. The summed E-state index contributed by atoms with van der Waals surface area (Å²) in [5.41, 5.74) is 0.938. The maximum Gasteiger partial charge on any atom is 0.134 e. The van der Waals surface area contributed by atoms with Crippen molar-refractivity contribution in [2.45, 2.75) is 12.8 Å². The molecule has 0 bridgehead atoms. The highest BCUT2D eigenvalue weighted by atomic mass is 35.5. The number of phenols is 1. The van der Waals surface area contributed by atoms with Crippen LogP contribution >= 0.6 is 11.6 Å². The SMILES string of the molecule is Oc1ccc(NCC2CCCOC2)cc1Cl. The Balaban J connectivity index is 1.86. The Morgan fingerprint density at radius 2 is 2.38 bits per heavy atom. The second kappa shape index (κ2) is 5.41. The average Bonchev–Trinajstić information content (AvgIpc) is 2.32. The Kier molecular flexibility index (Phi) is 3.91. The zero-order valence-corrected chi connectivity index (χ0v) is 9.83. The van der Waals surface area contributed by atoms with Crippen LogP contribution in [0.3, 0.4) is 0 Å². The first-order chi connectivity index (χ1) is 7.75. The third kappa shape index (κ3) is 3.03. The molecule has 4 heteroatoms. The highest BCUT2D eigenvalue weighted by Crippen LogP contribution is 2.26. The maximum atomic E-state index is 9.28. The van der Waals surface area contributed by atoms with Crippen molar-refractivity contribution in [2.24, 2.45) is 5.92 Å². The highest BCUT2D eigenvalue weighted by Gasteiger charge is 2.13.